The summed E-state index contributed by atoms with van der Waals surface area (Å²) >= 11 is 0. The third-order valence-corrected chi connectivity index (χ3v) is 2.34. The molecule has 0 amide bonds. The van der Waals surface area contributed by atoms with E-state index in [1.807, 2.05) is 0 Å². The first-order valence-corrected chi connectivity index (χ1v) is 5.29. The Morgan fingerprint density at radius 2 is 2.11 bits per heavy atom. The summed E-state index contributed by atoms with van der Waals surface area (Å²) in [5, 5.41) is 18.3. The van der Waals surface area contributed by atoms with Crippen LogP contribution in [0.15, 0.2) is 12.1 Å². The fourth-order valence-corrected chi connectivity index (χ4v) is 1.53. The van der Waals surface area contributed by atoms with Gasteiger partial charge in [0.25, 0.3) is 0 Å². The summed E-state index contributed by atoms with van der Waals surface area (Å²) in [6, 6.07) is 3.06. The molecule has 19 heavy (non-hydrogen) atoms. The van der Waals surface area contributed by atoms with Gasteiger partial charge in [0, 0.05) is 5.56 Å². The Kier molecular flexibility index (Phi) is 4.38. The van der Waals surface area contributed by atoms with Crippen molar-refractivity contribution in [3.05, 3.63) is 28.8 Å². The molecule has 0 radical (unpaired) electrons. The molecule has 0 heterocycles. The van der Waals surface area contributed by atoms with Gasteiger partial charge in [-0.2, -0.15) is 18.4 Å². The number of hydrogen-bond acceptors (Lipinski definition) is 4. The van der Waals surface area contributed by atoms with Gasteiger partial charge in [-0.05, 0) is 19.1 Å². The Morgan fingerprint density at radius 1 is 1.47 bits per heavy atom. The second-order valence-corrected chi connectivity index (χ2v) is 3.58. The molecule has 1 rings (SSSR count). The predicted octanol–water partition coefficient (Wildman–Crippen LogP) is 2.39. The van der Waals surface area contributed by atoms with Crippen LogP contribution in [0.2, 0.25) is 0 Å². The molecule has 0 spiro atoms. The van der Waals surface area contributed by atoms with Gasteiger partial charge in [-0.25, -0.2) is 0 Å². The summed E-state index contributed by atoms with van der Waals surface area (Å²) < 4.78 is 42.8. The average molecular weight is 273 g/mol. The molecule has 1 aromatic carbocycles. The maximum atomic E-state index is 12.8. The van der Waals surface area contributed by atoms with Crippen LogP contribution < -0.4 is 0 Å². The number of carbonyl (C=O) groups excluding carboxylic acids is 1. The van der Waals surface area contributed by atoms with Crippen LogP contribution in [-0.4, -0.2) is 17.7 Å². The third kappa shape index (κ3) is 3.37. The largest absolute Gasteiger partial charge is 0.506 e. The number of phenolic OH excluding ortho intramolecular Hbond substituents is 1. The second kappa shape index (κ2) is 5.61. The number of hydrogen-bond donors (Lipinski definition) is 1. The molecule has 0 unspecified atom stereocenters. The van der Waals surface area contributed by atoms with Crippen molar-refractivity contribution >= 4 is 5.97 Å². The van der Waals surface area contributed by atoms with Gasteiger partial charge in [-0.3, -0.25) is 4.79 Å². The van der Waals surface area contributed by atoms with Gasteiger partial charge in [-0.1, -0.05) is 0 Å². The lowest BCUT2D eigenvalue weighted by atomic mass is 9.99. The molecule has 0 atom stereocenters. The minimum atomic E-state index is -4.73. The van der Waals surface area contributed by atoms with Gasteiger partial charge in [0.2, 0.25) is 0 Å². The molecule has 0 bridgehead atoms. The molecule has 0 fully saturated rings. The van der Waals surface area contributed by atoms with E-state index in [1.54, 1.807) is 6.07 Å². The van der Waals surface area contributed by atoms with Crippen molar-refractivity contribution in [2.75, 3.05) is 6.61 Å². The molecular weight excluding hydrogens is 263 g/mol. The number of ether oxygens (including phenoxy) is 1. The number of alkyl halides is 3. The van der Waals surface area contributed by atoms with Gasteiger partial charge in [0.1, 0.15) is 11.8 Å². The minimum Gasteiger partial charge on any atom is -0.506 e. The molecule has 0 aliphatic heterocycles. The lowest BCUT2D eigenvalue weighted by molar-refractivity contribution is -0.143. The van der Waals surface area contributed by atoms with Crippen LogP contribution in [0.3, 0.4) is 0 Å². The first-order chi connectivity index (χ1) is 8.81. The standard InChI is InChI=1S/C12H10F3NO3/c1-2-19-10(17)5-8-9(12(13,14)15)4-3-7(6-16)11(8)18/h3-4,18H,2,5H2,1H3. The SMILES string of the molecule is CCOC(=O)Cc1c(C(F)(F)F)ccc(C#N)c1O. The highest BCUT2D eigenvalue weighted by Gasteiger charge is 2.35. The Morgan fingerprint density at radius 3 is 2.58 bits per heavy atom. The van der Waals surface area contributed by atoms with Crippen molar-refractivity contribution in [3.8, 4) is 11.8 Å². The summed E-state index contributed by atoms with van der Waals surface area (Å²) in [7, 11) is 0. The van der Waals surface area contributed by atoms with E-state index in [0.717, 1.165) is 6.07 Å². The number of nitriles is 1. The number of halogens is 3. The summed E-state index contributed by atoms with van der Waals surface area (Å²) in [5.74, 6) is -1.75. The van der Waals surface area contributed by atoms with Crippen molar-refractivity contribution in [3.63, 3.8) is 0 Å². The average Bonchev–Trinajstić information content (AvgIpc) is 2.30. The smallest absolute Gasteiger partial charge is 0.416 e. The quantitative estimate of drug-likeness (QED) is 0.858. The topological polar surface area (TPSA) is 70.3 Å². The fraction of sp³-hybridized carbons (Fsp3) is 0.333. The highest BCUT2D eigenvalue weighted by atomic mass is 19.4. The van der Waals surface area contributed by atoms with E-state index < -0.39 is 35.4 Å². The van der Waals surface area contributed by atoms with E-state index >= 15 is 0 Å². The fourth-order valence-electron chi connectivity index (χ4n) is 1.53. The monoisotopic (exact) mass is 273 g/mol. The van der Waals surface area contributed by atoms with Gasteiger partial charge < -0.3 is 9.84 Å². The maximum Gasteiger partial charge on any atom is 0.416 e. The van der Waals surface area contributed by atoms with Gasteiger partial charge >= 0.3 is 12.1 Å². The van der Waals surface area contributed by atoms with Crippen molar-refractivity contribution in [1.82, 2.24) is 0 Å². The van der Waals surface area contributed by atoms with E-state index in [0.29, 0.717) is 6.07 Å². The summed E-state index contributed by atoms with van der Waals surface area (Å²) in [6.45, 7) is 1.52. The van der Waals surface area contributed by atoms with Crippen LogP contribution >= 0.6 is 0 Å². The normalized spacial score (nSPS) is 10.9. The molecule has 102 valence electrons. The Balaban J connectivity index is 3.32. The number of benzene rings is 1. The summed E-state index contributed by atoms with van der Waals surface area (Å²) in [4.78, 5) is 11.3. The molecule has 0 aliphatic rings. The molecule has 1 aromatic rings. The lowest BCUT2D eigenvalue weighted by Gasteiger charge is -2.14. The first kappa shape index (κ1) is 14.8. The number of esters is 1. The molecule has 0 saturated carbocycles. The van der Waals surface area contributed by atoms with Gasteiger partial charge in [0.15, 0.2) is 0 Å². The highest BCUT2D eigenvalue weighted by Crippen LogP contribution is 2.37. The van der Waals surface area contributed by atoms with Crippen LogP contribution in [-0.2, 0) is 22.1 Å². The zero-order valence-electron chi connectivity index (χ0n) is 9.91. The predicted molar refractivity (Wildman–Crippen MR) is 58.2 cm³/mol. The van der Waals surface area contributed by atoms with Crippen LogP contribution in [0.25, 0.3) is 0 Å². The zero-order chi connectivity index (χ0) is 14.6. The number of nitrogens with zero attached hydrogens (tertiary/aromatic N) is 1. The lowest BCUT2D eigenvalue weighted by Crippen LogP contribution is -2.15. The summed E-state index contributed by atoms with van der Waals surface area (Å²) in [5.41, 5.74) is -2.13. The second-order valence-electron chi connectivity index (χ2n) is 3.58. The number of carbonyl (C=O) groups is 1. The summed E-state index contributed by atoms with van der Waals surface area (Å²) in [6.07, 6.45) is -5.47. The van der Waals surface area contributed by atoms with Crippen LogP contribution in [0.1, 0.15) is 23.6 Å². The molecule has 0 aromatic heterocycles. The van der Waals surface area contributed by atoms with E-state index in [2.05, 4.69) is 4.74 Å². The zero-order valence-corrected chi connectivity index (χ0v) is 9.91. The van der Waals surface area contributed by atoms with Gasteiger partial charge in [0.05, 0.1) is 24.2 Å². The van der Waals surface area contributed by atoms with Crippen LogP contribution in [0.4, 0.5) is 13.2 Å². The van der Waals surface area contributed by atoms with Gasteiger partial charge in [-0.15, -0.1) is 0 Å². The van der Waals surface area contributed by atoms with Crippen molar-refractivity contribution in [2.24, 2.45) is 0 Å². The minimum absolute atomic E-state index is 0.0128. The van der Waals surface area contributed by atoms with E-state index in [9.17, 15) is 23.1 Å². The molecule has 1 N–H and O–H groups in total. The Labute approximate surface area is 107 Å². The maximum absolute atomic E-state index is 12.8. The number of rotatable bonds is 3. The van der Waals surface area contributed by atoms with E-state index in [-0.39, 0.29) is 12.2 Å². The first-order valence-electron chi connectivity index (χ1n) is 5.29. The van der Waals surface area contributed by atoms with Crippen molar-refractivity contribution in [2.45, 2.75) is 19.5 Å². The molecule has 0 aliphatic carbocycles. The molecule has 0 saturated heterocycles. The molecule has 7 heteroatoms. The van der Waals surface area contributed by atoms with Crippen molar-refractivity contribution < 1.29 is 27.8 Å². The third-order valence-electron chi connectivity index (χ3n) is 2.34. The Hall–Kier alpha value is -2.23. The molecule has 4 nitrogen and oxygen atoms in total. The number of aromatic hydroxyl groups is 1. The van der Waals surface area contributed by atoms with E-state index in [4.69, 9.17) is 5.26 Å². The molecular formula is C12H10F3NO3. The van der Waals surface area contributed by atoms with E-state index in [1.165, 1.54) is 6.92 Å². The number of phenols is 1. The van der Waals surface area contributed by atoms with Crippen LogP contribution in [0, 0.1) is 11.3 Å². The highest BCUT2D eigenvalue weighted by molar-refractivity contribution is 5.75. The van der Waals surface area contributed by atoms with Crippen LogP contribution in [0.5, 0.6) is 5.75 Å². The van der Waals surface area contributed by atoms with Crippen molar-refractivity contribution in [1.29, 1.82) is 5.26 Å². The Bertz CT molecular complexity index is 532.